The van der Waals surface area contributed by atoms with Gasteiger partial charge in [-0.2, -0.15) is 0 Å². The molecule has 138 valence electrons. The van der Waals surface area contributed by atoms with Crippen LogP contribution >= 0.6 is 11.9 Å². The van der Waals surface area contributed by atoms with Crippen LogP contribution in [0.5, 0.6) is 5.75 Å². The van der Waals surface area contributed by atoms with Crippen LogP contribution in [0.25, 0.3) is 0 Å². The summed E-state index contributed by atoms with van der Waals surface area (Å²) >= 11 is 1.47. The molecule has 0 saturated carbocycles. The first-order valence-corrected chi connectivity index (χ1v) is 9.16. The molecule has 0 aliphatic carbocycles. The molecule has 2 amide bonds. The van der Waals surface area contributed by atoms with Gasteiger partial charge in [0.1, 0.15) is 5.75 Å². The van der Waals surface area contributed by atoms with Gasteiger partial charge in [-0.3, -0.25) is 4.98 Å². The number of nitrogens with zero attached hydrogens (tertiary/aromatic N) is 1. The highest BCUT2D eigenvalue weighted by Gasteiger charge is 2.04. The smallest absolute Gasteiger partial charge is 0.319 e. The van der Waals surface area contributed by atoms with Gasteiger partial charge in [-0.15, -0.1) is 0 Å². The molecule has 0 aliphatic rings. The molecule has 0 saturated heterocycles. The van der Waals surface area contributed by atoms with E-state index >= 15 is 0 Å². The average molecular weight is 380 g/mol. The number of benzene rings is 2. The van der Waals surface area contributed by atoms with Crippen LogP contribution in [0.1, 0.15) is 5.56 Å². The fourth-order valence-electron chi connectivity index (χ4n) is 2.30. The largest absolute Gasteiger partial charge is 0.496 e. The fraction of sp³-hybridized carbons (Fsp3) is 0.100. The van der Waals surface area contributed by atoms with Crippen molar-refractivity contribution in [3.63, 3.8) is 0 Å². The second-order valence-electron chi connectivity index (χ2n) is 5.60. The fourth-order valence-corrected chi connectivity index (χ4v) is 3.06. The molecule has 6 nitrogen and oxygen atoms in total. The summed E-state index contributed by atoms with van der Waals surface area (Å²) in [6, 6.07) is 18.8. The Balaban J connectivity index is 1.49. The standard InChI is InChI=1S/C20H20N4O2S/c1-26-18-4-2-3-5-19(18)27-24-17-8-6-16(7-9-17)23-20(25)22-14-15-10-12-21-13-11-15/h2-13,24H,14H2,1H3,(H2,22,23,25). The third-order valence-corrected chi connectivity index (χ3v) is 4.59. The predicted molar refractivity (Wildman–Crippen MR) is 109 cm³/mol. The molecule has 0 unspecified atom stereocenters. The molecule has 27 heavy (non-hydrogen) atoms. The van der Waals surface area contributed by atoms with Crippen LogP contribution in [0.2, 0.25) is 0 Å². The number of pyridine rings is 1. The van der Waals surface area contributed by atoms with E-state index < -0.39 is 0 Å². The lowest BCUT2D eigenvalue weighted by Crippen LogP contribution is -2.28. The van der Waals surface area contributed by atoms with Gasteiger partial charge in [-0.1, -0.05) is 12.1 Å². The Labute approximate surface area is 162 Å². The molecule has 1 heterocycles. The normalized spacial score (nSPS) is 10.1. The second kappa shape index (κ2) is 9.49. The minimum atomic E-state index is -0.254. The zero-order chi connectivity index (χ0) is 18.9. The second-order valence-corrected chi connectivity index (χ2v) is 6.44. The van der Waals surface area contributed by atoms with Gasteiger partial charge < -0.3 is 20.1 Å². The first kappa shape index (κ1) is 18.6. The Bertz CT molecular complexity index is 873. The molecule has 0 spiro atoms. The first-order chi connectivity index (χ1) is 13.2. The number of urea groups is 1. The summed E-state index contributed by atoms with van der Waals surface area (Å²) in [7, 11) is 1.65. The molecule has 3 aromatic rings. The monoisotopic (exact) mass is 380 g/mol. The van der Waals surface area contributed by atoms with E-state index in [1.165, 1.54) is 11.9 Å². The minimum Gasteiger partial charge on any atom is -0.496 e. The number of para-hydroxylation sites is 1. The first-order valence-electron chi connectivity index (χ1n) is 8.34. The van der Waals surface area contributed by atoms with E-state index in [1.54, 1.807) is 19.5 Å². The molecule has 3 rings (SSSR count). The summed E-state index contributed by atoms with van der Waals surface area (Å²) in [5.41, 5.74) is 2.64. The number of amides is 2. The van der Waals surface area contributed by atoms with Crippen LogP contribution in [0.15, 0.2) is 78.0 Å². The zero-order valence-electron chi connectivity index (χ0n) is 14.8. The Morgan fingerprint density at radius 1 is 1.00 bits per heavy atom. The Morgan fingerprint density at radius 3 is 2.44 bits per heavy atom. The summed E-state index contributed by atoms with van der Waals surface area (Å²) in [6.07, 6.45) is 3.40. The average Bonchev–Trinajstić information content (AvgIpc) is 2.73. The van der Waals surface area contributed by atoms with Crippen molar-refractivity contribution in [3.05, 3.63) is 78.6 Å². The lowest BCUT2D eigenvalue weighted by molar-refractivity contribution is 0.251. The molecular formula is C20H20N4O2S. The molecule has 0 radical (unpaired) electrons. The van der Waals surface area contributed by atoms with Crippen molar-refractivity contribution in [1.29, 1.82) is 0 Å². The van der Waals surface area contributed by atoms with Crippen LogP contribution in [0.4, 0.5) is 16.2 Å². The molecule has 0 bridgehead atoms. The lowest BCUT2D eigenvalue weighted by atomic mass is 10.3. The quantitative estimate of drug-likeness (QED) is 0.525. The Hall–Kier alpha value is -3.19. The van der Waals surface area contributed by atoms with Crippen molar-refractivity contribution < 1.29 is 9.53 Å². The zero-order valence-corrected chi connectivity index (χ0v) is 15.6. The van der Waals surface area contributed by atoms with Crippen molar-refractivity contribution >= 4 is 29.4 Å². The number of ether oxygens (including phenoxy) is 1. The van der Waals surface area contributed by atoms with Crippen LogP contribution in [-0.2, 0) is 6.54 Å². The number of methoxy groups -OCH3 is 1. The van der Waals surface area contributed by atoms with Crippen LogP contribution in [-0.4, -0.2) is 18.1 Å². The van der Waals surface area contributed by atoms with E-state index in [2.05, 4.69) is 20.3 Å². The maximum Gasteiger partial charge on any atom is 0.319 e. The molecule has 3 N–H and O–H groups in total. The van der Waals surface area contributed by atoms with Crippen molar-refractivity contribution in [2.45, 2.75) is 11.4 Å². The van der Waals surface area contributed by atoms with Gasteiger partial charge in [-0.25, -0.2) is 4.79 Å². The van der Waals surface area contributed by atoms with Gasteiger partial charge in [0, 0.05) is 30.3 Å². The number of hydrogen-bond acceptors (Lipinski definition) is 5. The number of carbonyl (C=O) groups is 1. The van der Waals surface area contributed by atoms with Crippen LogP contribution in [0, 0.1) is 0 Å². The predicted octanol–water partition coefficient (Wildman–Crippen LogP) is 4.53. The summed E-state index contributed by atoms with van der Waals surface area (Å²) < 4.78 is 8.60. The highest BCUT2D eigenvalue weighted by Crippen LogP contribution is 2.29. The highest BCUT2D eigenvalue weighted by molar-refractivity contribution is 8.00. The molecule has 0 atom stereocenters. The van der Waals surface area contributed by atoms with Crippen molar-refractivity contribution in [2.75, 3.05) is 17.1 Å². The van der Waals surface area contributed by atoms with E-state index in [0.717, 1.165) is 27.6 Å². The SMILES string of the molecule is COc1ccccc1SNc1ccc(NC(=O)NCc2ccncc2)cc1. The minimum absolute atomic E-state index is 0.254. The van der Waals surface area contributed by atoms with Gasteiger partial charge in [0.25, 0.3) is 0 Å². The topological polar surface area (TPSA) is 75.3 Å². The van der Waals surface area contributed by atoms with Crippen molar-refractivity contribution in [1.82, 2.24) is 10.3 Å². The van der Waals surface area contributed by atoms with E-state index in [-0.39, 0.29) is 6.03 Å². The summed E-state index contributed by atoms with van der Waals surface area (Å²) in [5, 5.41) is 5.62. The van der Waals surface area contributed by atoms with E-state index in [4.69, 9.17) is 4.74 Å². The van der Waals surface area contributed by atoms with Gasteiger partial charge in [0.2, 0.25) is 0 Å². The van der Waals surface area contributed by atoms with Crippen LogP contribution < -0.4 is 20.1 Å². The van der Waals surface area contributed by atoms with Gasteiger partial charge in [-0.05, 0) is 66.0 Å². The maximum atomic E-state index is 12.0. The lowest BCUT2D eigenvalue weighted by Gasteiger charge is -2.11. The summed E-state index contributed by atoms with van der Waals surface area (Å²) in [5.74, 6) is 0.819. The highest BCUT2D eigenvalue weighted by atomic mass is 32.2. The maximum absolute atomic E-state index is 12.0. The van der Waals surface area contributed by atoms with E-state index in [1.807, 2.05) is 60.7 Å². The van der Waals surface area contributed by atoms with Gasteiger partial charge in [0.15, 0.2) is 0 Å². The third-order valence-electron chi connectivity index (χ3n) is 3.69. The summed E-state index contributed by atoms with van der Waals surface area (Å²) in [6.45, 7) is 0.448. The number of carbonyl (C=O) groups excluding carboxylic acids is 1. The van der Waals surface area contributed by atoms with Gasteiger partial charge >= 0.3 is 6.03 Å². The number of aromatic nitrogens is 1. The number of rotatable bonds is 7. The molecule has 2 aromatic carbocycles. The van der Waals surface area contributed by atoms with E-state index in [9.17, 15) is 4.79 Å². The summed E-state index contributed by atoms with van der Waals surface area (Å²) in [4.78, 5) is 16.9. The number of anilines is 2. The van der Waals surface area contributed by atoms with Crippen molar-refractivity contribution in [3.8, 4) is 5.75 Å². The number of hydrogen-bond donors (Lipinski definition) is 3. The van der Waals surface area contributed by atoms with Crippen LogP contribution in [0.3, 0.4) is 0 Å². The molecular weight excluding hydrogens is 360 g/mol. The molecule has 0 fully saturated rings. The Kier molecular flexibility index (Phi) is 6.54. The molecule has 1 aromatic heterocycles. The molecule has 0 aliphatic heterocycles. The van der Waals surface area contributed by atoms with Gasteiger partial charge in [0.05, 0.1) is 12.0 Å². The number of nitrogens with one attached hydrogen (secondary N) is 3. The molecule has 7 heteroatoms. The van der Waals surface area contributed by atoms with E-state index in [0.29, 0.717) is 6.54 Å². The van der Waals surface area contributed by atoms with Crippen molar-refractivity contribution in [2.24, 2.45) is 0 Å². The third kappa shape index (κ3) is 5.65. The Morgan fingerprint density at radius 2 is 1.70 bits per heavy atom.